The number of carbonyl (C=O) groups excluding carboxylic acids is 1. The Hall–Kier alpha value is -4.30. The van der Waals surface area contributed by atoms with Crippen LogP contribution in [0.1, 0.15) is 21.5 Å². The summed E-state index contributed by atoms with van der Waals surface area (Å²) in [5.41, 5.74) is 3.07. The third kappa shape index (κ3) is 7.60. The summed E-state index contributed by atoms with van der Waals surface area (Å²) >= 11 is 0. The molecule has 0 unspecified atom stereocenters. The number of alkyl halides is 3. The number of benzene rings is 4. The molecule has 0 radical (unpaired) electrons. The fourth-order valence-corrected chi connectivity index (χ4v) is 3.88. The summed E-state index contributed by atoms with van der Waals surface area (Å²) in [6.07, 6.45) is -2.75. The van der Waals surface area contributed by atoms with E-state index in [1.165, 1.54) is 19.2 Å². The SMILES string of the molecule is COC(=O)c1ccc(/C=C(/CNCc2ccc(OC(F)(F)F)cc2)COc2cccc3ccccc23)cc1. The average molecular weight is 522 g/mol. The lowest BCUT2D eigenvalue weighted by molar-refractivity contribution is -0.274. The molecule has 0 aliphatic carbocycles. The van der Waals surface area contributed by atoms with Gasteiger partial charge < -0.3 is 19.5 Å². The fourth-order valence-electron chi connectivity index (χ4n) is 3.88. The quantitative estimate of drug-likeness (QED) is 0.233. The molecule has 0 amide bonds. The lowest BCUT2D eigenvalue weighted by atomic mass is 10.1. The molecule has 0 aromatic heterocycles. The van der Waals surface area contributed by atoms with Gasteiger partial charge in [-0.3, -0.25) is 0 Å². The Morgan fingerprint density at radius 2 is 1.61 bits per heavy atom. The third-order valence-corrected chi connectivity index (χ3v) is 5.70. The van der Waals surface area contributed by atoms with Crippen molar-refractivity contribution in [2.75, 3.05) is 20.3 Å². The maximum atomic E-state index is 12.4. The molecule has 0 spiro atoms. The van der Waals surface area contributed by atoms with Gasteiger partial charge in [0, 0.05) is 18.5 Å². The fraction of sp³-hybridized carbons (Fsp3) is 0.167. The summed E-state index contributed by atoms with van der Waals surface area (Å²) in [7, 11) is 1.33. The van der Waals surface area contributed by atoms with E-state index in [4.69, 9.17) is 9.47 Å². The molecule has 4 aromatic carbocycles. The van der Waals surface area contributed by atoms with Gasteiger partial charge in [0.1, 0.15) is 18.1 Å². The number of rotatable bonds is 10. The van der Waals surface area contributed by atoms with Gasteiger partial charge in [-0.1, -0.05) is 66.7 Å². The number of fused-ring (bicyclic) bond motifs is 1. The Morgan fingerprint density at radius 3 is 2.32 bits per heavy atom. The van der Waals surface area contributed by atoms with Crippen LogP contribution in [0.3, 0.4) is 0 Å². The second-order valence-corrected chi connectivity index (χ2v) is 8.48. The van der Waals surface area contributed by atoms with Crippen molar-refractivity contribution in [1.29, 1.82) is 0 Å². The van der Waals surface area contributed by atoms with Gasteiger partial charge in [0.25, 0.3) is 0 Å². The molecule has 4 rings (SSSR count). The highest BCUT2D eigenvalue weighted by Gasteiger charge is 2.30. The molecule has 4 aromatic rings. The Morgan fingerprint density at radius 1 is 0.895 bits per heavy atom. The zero-order valence-electron chi connectivity index (χ0n) is 20.6. The highest BCUT2D eigenvalue weighted by atomic mass is 19.4. The highest BCUT2D eigenvalue weighted by Crippen LogP contribution is 2.26. The number of halogens is 3. The molecule has 0 atom stereocenters. The number of ether oxygens (including phenoxy) is 3. The van der Waals surface area contributed by atoms with Gasteiger partial charge in [0.2, 0.25) is 0 Å². The van der Waals surface area contributed by atoms with Crippen molar-refractivity contribution in [3.63, 3.8) is 0 Å². The van der Waals surface area contributed by atoms with E-state index in [-0.39, 0.29) is 5.75 Å². The molecule has 1 N–H and O–H groups in total. The Bertz CT molecular complexity index is 1390. The average Bonchev–Trinajstić information content (AvgIpc) is 2.91. The topological polar surface area (TPSA) is 56.8 Å². The van der Waals surface area contributed by atoms with Crippen LogP contribution in [0.5, 0.6) is 11.5 Å². The molecule has 0 heterocycles. The number of hydrogen-bond acceptors (Lipinski definition) is 5. The molecular weight excluding hydrogens is 495 g/mol. The third-order valence-electron chi connectivity index (χ3n) is 5.70. The van der Waals surface area contributed by atoms with Crippen LogP contribution in [0.15, 0.2) is 96.6 Å². The van der Waals surface area contributed by atoms with Gasteiger partial charge in [0.05, 0.1) is 12.7 Å². The predicted molar refractivity (Wildman–Crippen MR) is 140 cm³/mol. The van der Waals surface area contributed by atoms with Crippen LogP contribution in [0, 0.1) is 0 Å². The largest absolute Gasteiger partial charge is 0.573 e. The van der Waals surface area contributed by atoms with Crippen molar-refractivity contribution in [2.24, 2.45) is 0 Å². The Kier molecular flexibility index (Phi) is 8.66. The first kappa shape index (κ1) is 26.8. The molecule has 0 fully saturated rings. The number of carbonyl (C=O) groups is 1. The van der Waals surface area contributed by atoms with Crippen LogP contribution in [-0.2, 0) is 11.3 Å². The monoisotopic (exact) mass is 521 g/mol. The second-order valence-electron chi connectivity index (χ2n) is 8.48. The van der Waals surface area contributed by atoms with Crippen molar-refractivity contribution in [2.45, 2.75) is 12.9 Å². The summed E-state index contributed by atoms with van der Waals surface area (Å²) in [5, 5.41) is 5.40. The standard InChI is InChI=1S/C30H26F3NO4/c1-36-29(35)25-13-9-21(10-14-25)17-23(20-37-28-8-4-6-24-5-2-3-7-27(24)28)19-34-18-22-11-15-26(16-12-22)38-30(31,32)33/h2-17,34H,18-20H2,1H3/b23-17-. The number of nitrogens with one attached hydrogen (secondary N) is 1. The van der Waals surface area contributed by atoms with E-state index in [0.29, 0.717) is 25.3 Å². The summed E-state index contributed by atoms with van der Waals surface area (Å²) in [4.78, 5) is 11.7. The first-order valence-corrected chi connectivity index (χ1v) is 11.8. The predicted octanol–water partition coefficient (Wildman–Crippen LogP) is 6.78. The summed E-state index contributed by atoms with van der Waals surface area (Å²) in [6.45, 7) is 1.20. The summed E-state index contributed by atoms with van der Waals surface area (Å²) in [6, 6.07) is 26.6. The Balaban J connectivity index is 1.46. The van der Waals surface area contributed by atoms with E-state index < -0.39 is 12.3 Å². The molecule has 8 heteroatoms. The number of methoxy groups -OCH3 is 1. The Labute approximate surface area is 218 Å². The molecule has 0 aliphatic heterocycles. The summed E-state index contributed by atoms with van der Waals surface area (Å²) in [5.74, 6) is 0.0874. The van der Waals surface area contributed by atoms with Crippen molar-refractivity contribution in [3.05, 3.63) is 113 Å². The molecule has 0 saturated heterocycles. The van der Waals surface area contributed by atoms with Gasteiger partial charge in [-0.05, 0) is 52.4 Å². The van der Waals surface area contributed by atoms with Crippen molar-refractivity contribution in [1.82, 2.24) is 5.32 Å². The van der Waals surface area contributed by atoms with E-state index in [0.717, 1.165) is 33.2 Å². The normalized spacial score (nSPS) is 11.8. The first-order chi connectivity index (χ1) is 18.3. The second kappa shape index (κ2) is 12.3. The van der Waals surface area contributed by atoms with E-state index in [2.05, 4.69) is 10.1 Å². The zero-order valence-corrected chi connectivity index (χ0v) is 20.6. The zero-order chi connectivity index (χ0) is 27.0. The maximum absolute atomic E-state index is 12.4. The van der Waals surface area contributed by atoms with E-state index in [1.807, 2.05) is 60.7 Å². The maximum Gasteiger partial charge on any atom is 0.573 e. The van der Waals surface area contributed by atoms with Gasteiger partial charge >= 0.3 is 12.3 Å². The molecule has 0 bridgehead atoms. The van der Waals surface area contributed by atoms with Gasteiger partial charge in [0.15, 0.2) is 0 Å². The van der Waals surface area contributed by atoms with E-state index >= 15 is 0 Å². The van der Waals surface area contributed by atoms with Crippen LogP contribution >= 0.6 is 0 Å². The number of esters is 1. The van der Waals surface area contributed by atoms with E-state index in [1.54, 1.807) is 24.3 Å². The molecule has 0 saturated carbocycles. The van der Waals surface area contributed by atoms with Crippen LogP contribution in [-0.4, -0.2) is 32.6 Å². The minimum Gasteiger partial charge on any atom is -0.489 e. The molecule has 0 aliphatic rings. The van der Waals surface area contributed by atoms with Gasteiger partial charge in [-0.15, -0.1) is 13.2 Å². The van der Waals surface area contributed by atoms with Crippen molar-refractivity contribution in [3.8, 4) is 11.5 Å². The van der Waals surface area contributed by atoms with E-state index in [9.17, 15) is 18.0 Å². The molecular formula is C30H26F3NO4. The van der Waals surface area contributed by atoms with Crippen LogP contribution in [0.2, 0.25) is 0 Å². The van der Waals surface area contributed by atoms with Crippen LogP contribution in [0.4, 0.5) is 13.2 Å². The van der Waals surface area contributed by atoms with Gasteiger partial charge in [-0.2, -0.15) is 0 Å². The smallest absolute Gasteiger partial charge is 0.489 e. The minimum atomic E-state index is -4.72. The highest BCUT2D eigenvalue weighted by molar-refractivity contribution is 5.89. The number of hydrogen-bond donors (Lipinski definition) is 1. The van der Waals surface area contributed by atoms with Crippen LogP contribution in [0.25, 0.3) is 16.8 Å². The van der Waals surface area contributed by atoms with Crippen LogP contribution < -0.4 is 14.8 Å². The molecule has 196 valence electrons. The first-order valence-electron chi connectivity index (χ1n) is 11.8. The van der Waals surface area contributed by atoms with Gasteiger partial charge in [-0.25, -0.2) is 4.79 Å². The van der Waals surface area contributed by atoms with Crippen molar-refractivity contribution < 1.29 is 32.2 Å². The minimum absolute atomic E-state index is 0.263. The molecule has 38 heavy (non-hydrogen) atoms. The lowest BCUT2D eigenvalue weighted by Gasteiger charge is -2.14. The lowest BCUT2D eigenvalue weighted by Crippen LogP contribution is -2.20. The molecule has 5 nitrogen and oxygen atoms in total. The summed E-state index contributed by atoms with van der Waals surface area (Å²) < 4.78 is 52.1. The van der Waals surface area contributed by atoms with Crippen molar-refractivity contribution >= 4 is 22.8 Å².